The highest BCUT2D eigenvalue weighted by Gasteiger charge is 2.32. The Morgan fingerprint density at radius 3 is 2.88 bits per heavy atom. The Morgan fingerprint density at radius 1 is 1.47 bits per heavy atom. The van der Waals surface area contributed by atoms with Gasteiger partial charge in [0.2, 0.25) is 0 Å². The van der Waals surface area contributed by atoms with E-state index in [0.29, 0.717) is 16.8 Å². The van der Waals surface area contributed by atoms with E-state index < -0.39 is 0 Å². The highest BCUT2D eigenvalue weighted by molar-refractivity contribution is 7.99. The SMILES string of the molecule is CC1(C)CCSCC1Nc1ccc(Cl)cc1F. The number of rotatable bonds is 2. The minimum absolute atomic E-state index is 0.206. The third kappa shape index (κ3) is 3.08. The molecule has 4 heteroatoms. The zero-order valence-electron chi connectivity index (χ0n) is 10.1. The van der Waals surface area contributed by atoms with E-state index in [1.54, 1.807) is 12.1 Å². The van der Waals surface area contributed by atoms with Crippen LogP contribution in [0.1, 0.15) is 20.3 Å². The van der Waals surface area contributed by atoms with Crippen molar-refractivity contribution in [2.75, 3.05) is 16.8 Å². The fourth-order valence-corrected chi connectivity index (χ4v) is 3.73. The largest absolute Gasteiger partial charge is 0.379 e. The molecule has 17 heavy (non-hydrogen) atoms. The molecule has 0 aliphatic carbocycles. The quantitative estimate of drug-likeness (QED) is 0.856. The average Bonchev–Trinajstić information content (AvgIpc) is 2.24. The molecule has 0 aromatic heterocycles. The molecule has 0 bridgehead atoms. The Kier molecular flexibility index (Phi) is 3.88. The average molecular weight is 274 g/mol. The number of nitrogens with one attached hydrogen (secondary N) is 1. The van der Waals surface area contributed by atoms with Crippen LogP contribution in [0.5, 0.6) is 0 Å². The van der Waals surface area contributed by atoms with Crippen molar-refractivity contribution >= 4 is 29.1 Å². The number of thioether (sulfide) groups is 1. The molecular formula is C13H17ClFNS. The summed E-state index contributed by atoms with van der Waals surface area (Å²) in [6.45, 7) is 4.47. The second kappa shape index (κ2) is 5.07. The van der Waals surface area contributed by atoms with Gasteiger partial charge in [-0.05, 0) is 35.8 Å². The van der Waals surface area contributed by atoms with Crippen LogP contribution in [0.25, 0.3) is 0 Å². The maximum atomic E-state index is 13.7. The molecule has 1 aromatic carbocycles. The van der Waals surface area contributed by atoms with Crippen LogP contribution in [0.2, 0.25) is 5.02 Å². The number of hydrogen-bond donors (Lipinski definition) is 1. The van der Waals surface area contributed by atoms with Gasteiger partial charge in [-0.25, -0.2) is 4.39 Å². The van der Waals surface area contributed by atoms with E-state index in [2.05, 4.69) is 19.2 Å². The molecule has 94 valence electrons. The van der Waals surface area contributed by atoms with E-state index in [9.17, 15) is 4.39 Å². The van der Waals surface area contributed by atoms with E-state index in [1.807, 2.05) is 11.8 Å². The van der Waals surface area contributed by atoms with Crippen LogP contribution >= 0.6 is 23.4 Å². The van der Waals surface area contributed by atoms with E-state index in [-0.39, 0.29) is 11.2 Å². The molecule has 1 fully saturated rings. The molecule has 1 saturated heterocycles. The van der Waals surface area contributed by atoms with Gasteiger partial charge >= 0.3 is 0 Å². The van der Waals surface area contributed by atoms with Crippen molar-refractivity contribution in [3.63, 3.8) is 0 Å². The molecule has 1 aliphatic heterocycles. The molecule has 1 unspecified atom stereocenters. The molecule has 1 heterocycles. The lowest BCUT2D eigenvalue weighted by atomic mass is 9.82. The third-order valence-electron chi connectivity index (χ3n) is 3.38. The van der Waals surface area contributed by atoms with Crippen LogP contribution in [-0.4, -0.2) is 17.5 Å². The summed E-state index contributed by atoms with van der Waals surface area (Å²) in [5, 5.41) is 3.75. The molecule has 0 amide bonds. The monoisotopic (exact) mass is 273 g/mol. The standard InChI is InChI=1S/C13H17ClFNS/c1-13(2)5-6-17-8-12(13)16-11-4-3-9(14)7-10(11)15/h3-4,7,12,16H,5-6,8H2,1-2H3. The molecule has 2 rings (SSSR count). The number of halogens is 2. The van der Waals surface area contributed by atoms with Gasteiger partial charge in [-0.3, -0.25) is 0 Å². The van der Waals surface area contributed by atoms with Crippen molar-refractivity contribution in [1.82, 2.24) is 0 Å². The zero-order valence-corrected chi connectivity index (χ0v) is 11.7. The Balaban J connectivity index is 2.14. The van der Waals surface area contributed by atoms with Gasteiger partial charge in [0, 0.05) is 16.8 Å². The van der Waals surface area contributed by atoms with Crippen LogP contribution in [-0.2, 0) is 0 Å². The van der Waals surface area contributed by atoms with Gasteiger partial charge in [0.05, 0.1) is 5.69 Å². The van der Waals surface area contributed by atoms with Gasteiger partial charge in [0.1, 0.15) is 5.82 Å². The Morgan fingerprint density at radius 2 is 2.24 bits per heavy atom. The minimum atomic E-state index is -0.274. The van der Waals surface area contributed by atoms with Crippen LogP contribution < -0.4 is 5.32 Å². The Bertz CT molecular complexity index is 408. The number of anilines is 1. The fraction of sp³-hybridized carbons (Fsp3) is 0.538. The maximum absolute atomic E-state index is 13.7. The van der Waals surface area contributed by atoms with Gasteiger partial charge < -0.3 is 5.32 Å². The Hall–Kier alpha value is -0.410. The Labute approximate surface area is 111 Å². The van der Waals surface area contributed by atoms with E-state index in [4.69, 9.17) is 11.6 Å². The van der Waals surface area contributed by atoms with Crippen molar-refractivity contribution in [1.29, 1.82) is 0 Å². The van der Waals surface area contributed by atoms with Crippen LogP contribution in [0, 0.1) is 11.2 Å². The highest BCUT2D eigenvalue weighted by Crippen LogP contribution is 2.36. The summed E-state index contributed by atoms with van der Waals surface area (Å²) in [5.74, 6) is 1.94. The smallest absolute Gasteiger partial charge is 0.147 e. The van der Waals surface area contributed by atoms with Crippen molar-refractivity contribution in [2.45, 2.75) is 26.3 Å². The van der Waals surface area contributed by atoms with Gasteiger partial charge in [0.15, 0.2) is 0 Å². The van der Waals surface area contributed by atoms with Gasteiger partial charge in [-0.15, -0.1) is 0 Å². The van der Waals surface area contributed by atoms with Gasteiger partial charge in [-0.2, -0.15) is 11.8 Å². The molecule has 1 N–H and O–H groups in total. The summed E-state index contributed by atoms with van der Waals surface area (Å²) in [6, 6.07) is 5.09. The van der Waals surface area contributed by atoms with Crippen molar-refractivity contribution < 1.29 is 4.39 Å². The second-order valence-corrected chi connectivity index (χ2v) is 6.72. The predicted octanol–water partition coefficient (Wildman–Crippen LogP) is 4.42. The number of benzene rings is 1. The first-order chi connectivity index (χ1) is 7.99. The van der Waals surface area contributed by atoms with Crippen LogP contribution in [0.3, 0.4) is 0 Å². The summed E-state index contributed by atoms with van der Waals surface area (Å²) < 4.78 is 13.7. The molecular weight excluding hydrogens is 257 g/mol. The molecule has 1 aliphatic rings. The molecule has 0 spiro atoms. The lowest BCUT2D eigenvalue weighted by Gasteiger charge is -2.39. The topological polar surface area (TPSA) is 12.0 Å². The molecule has 1 atom stereocenters. The first-order valence-electron chi connectivity index (χ1n) is 5.78. The first-order valence-corrected chi connectivity index (χ1v) is 7.32. The molecule has 0 saturated carbocycles. The second-order valence-electron chi connectivity index (χ2n) is 5.13. The first kappa shape index (κ1) is 13.0. The highest BCUT2D eigenvalue weighted by atomic mass is 35.5. The minimum Gasteiger partial charge on any atom is -0.379 e. The molecule has 1 aromatic rings. The van der Waals surface area contributed by atoms with E-state index >= 15 is 0 Å². The fourth-order valence-electron chi connectivity index (χ4n) is 1.97. The van der Waals surface area contributed by atoms with Crippen molar-refractivity contribution in [2.24, 2.45) is 5.41 Å². The summed E-state index contributed by atoms with van der Waals surface area (Å²) in [7, 11) is 0. The normalized spacial score (nSPS) is 23.4. The summed E-state index contributed by atoms with van der Waals surface area (Å²) in [5.41, 5.74) is 0.757. The lowest BCUT2D eigenvalue weighted by Crippen LogP contribution is -2.41. The van der Waals surface area contributed by atoms with E-state index in [1.165, 1.54) is 11.8 Å². The van der Waals surface area contributed by atoms with Crippen LogP contribution in [0.4, 0.5) is 10.1 Å². The van der Waals surface area contributed by atoms with Gasteiger partial charge in [0.25, 0.3) is 0 Å². The zero-order chi connectivity index (χ0) is 12.5. The van der Waals surface area contributed by atoms with Gasteiger partial charge in [-0.1, -0.05) is 25.4 Å². The van der Waals surface area contributed by atoms with Crippen LogP contribution in [0.15, 0.2) is 18.2 Å². The molecule has 1 nitrogen and oxygen atoms in total. The molecule has 0 radical (unpaired) electrons. The third-order valence-corrected chi connectivity index (χ3v) is 4.68. The van der Waals surface area contributed by atoms with Crippen molar-refractivity contribution in [3.8, 4) is 0 Å². The van der Waals surface area contributed by atoms with E-state index in [0.717, 1.165) is 12.2 Å². The lowest BCUT2D eigenvalue weighted by molar-refractivity contribution is 0.304. The summed E-state index contributed by atoms with van der Waals surface area (Å²) in [6.07, 6.45) is 1.16. The maximum Gasteiger partial charge on any atom is 0.147 e. The van der Waals surface area contributed by atoms with Crippen molar-refractivity contribution in [3.05, 3.63) is 29.0 Å². The summed E-state index contributed by atoms with van der Waals surface area (Å²) >= 11 is 7.67. The number of hydrogen-bond acceptors (Lipinski definition) is 2. The summed E-state index contributed by atoms with van der Waals surface area (Å²) in [4.78, 5) is 0. The predicted molar refractivity (Wildman–Crippen MR) is 74.5 cm³/mol.